The lowest BCUT2D eigenvalue weighted by atomic mass is 10.0. The molecule has 350 valence electrons. The second-order valence-electron chi connectivity index (χ2n) is 14.8. The lowest BCUT2D eigenvalue weighted by Gasteiger charge is -2.18. The van der Waals surface area contributed by atoms with Gasteiger partial charge >= 0.3 is 17.9 Å². The Hall–Kier alpha value is -3.46. The van der Waals surface area contributed by atoms with Crippen molar-refractivity contribution in [1.82, 2.24) is 21.3 Å². The van der Waals surface area contributed by atoms with Gasteiger partial charge in [-0.05, 0) is 44.9 Å². The largest absolute Gasteiger partial charge is 0.481 e. The third-order valence-corrected chi connectivity index (χ3v) is 9.39. The van der Waals surface area contributed by atoms with Gasteiger partial charge in [0.25, 0.3) is 0 Å². The molecule has 0 bridgehead atoms. The van der Waals surface area contributed by atoms with Gasteiger partial charge in [0.2, 0.25) is 17.7 Å². The summed E-state index contributed by atoms with van der Waals surface area (Å²) >= 11 is 0. The highest BCUT2D eigenvalue weighted by Gasteiger charge is 2.21. The topological polar surface area (TPSA) is 294 Å². The number of aliphatic hydroxyl groups is 1. The van der Waals surface area contributed by atoms with Crippen molar-refractivity contribution in [2.75, 3.05) is 72.5 Å². The fraction of sp³-hybridized carbons (Fsp3) is 0.854. The molecule has 3 atom stereocenters. The molecule has 0 aromatic carbocycles. The van der Waals surface area contributed by atoms with Crippen molar-refractivity contribution in [3.05, 3.63) is 0 Å². The summed E-state index contributed by atoms with van der Waals surface area (Å²) in [7, 11) is 0. The van der Waals surface area contributed by atoms with Crippen LogP contribution in [-0.2, 0) is 47.7 Å². The molecular weight excluding hydrogens is 786 g/mol. The molecule has 0 saturated carbocycles. The molecule has 60 heavy (non-hydrogen) atoms. The van der Waals surface area contributed by atoms with Crippen molar-refractivity contribution < 1.29 is 68.1 Å². The van der Waals surface area contributed by atoms with Crippen molar-refractivity contribution >= 4 is 35.6 Å². The molecular formula is C41H77N5O14. The molecule has 0 fully saturated rings. The maximum Gasteiger partial charge on any atom is 0.326 e. The summed E-state index contributed by atoms with van der Waals surface area (Å²) in [6.07, 6.45) is 16.4. The lowest BCUT2D eigenvalue weighted by molar-refractivity contribution is -0.142. The zero-order valence-corrected chi connectivity index (χ0v) is 35.8. The van der Waals surface area contributed by atoms with E-state index in [1.54, 1.807) is 0 Å². The van der Waals surface area contributed by atoms with E-state index in [1.807, 2.05) is 0 Å². The summed E-state index contributed by atoms with van der Waals surface area (Å²) in [6.45, 7) is 2.04. The quantitative estimate of drug-likeness (QED) is 0.0314. The fourth-order valence-corrected chi connectivity index (χ4v) is 5.91. The summed E-state index contributed by atoms with van der Waals surface area (Å²) in [5.74, 6) is -3.82. The first-order valence-corrected chi connectivity index (χ1v) is 21.9. The minimum Gasteiger partial charge on any atom is -0.481 e. The Labute approximate surface area is 355 Å². The molecule has 0 radical (unpaired) electrons. The molecule has 1 unspecified atom stereocenters. The molecule has 0 aliphatic rings. The van der Waals surface area contributed by atoms with Crippen LogP contribution in [0.4, 0.5) is 0 Å². The van der Waals surface area contributed by atoms with Gasteiger partial charge in [-0.25, -0.2) is 4.79 Å². The maximum absolute atomic E-state index is 12.3. The van der Waals surface area contributed by atoms with E-state index in [0.29, 0.717) is 38.8 Å². The van der Waals surface area contributed by atoms with Crippen molar-refractivity contribution in [2.24, 2.45) is 5.73 Å². The van der Waals surface area contributed by atoms with E-state index >= 15 is 0 Å². The van der Waals surface area contributed by atoms with E-state index in [0.717, 1.165) is 38.5 Å². The number of ether oxygens (including phenoxy) is 4. The zero-order valence-electron chi connectivity index (χ0n) is 35.8. The number of hydrogen-bond donors (Lipinski definition) is 9. The van der Waals surface area contributed by atoms with Crippen LogP contribution in [0.3, 0.4) is 0 Å². The number of nitrogens with one attached hydrogen (secondary N) is 4. The Balaban J connectivity index is 3.64. The van der Waals surface area contributed by atoms with Gasteiger partial charge in [0, 0.05) is 32.5 Å². The molecule has 0 aromatic rings. The number of carboxylic acid groups (broad SMARTS) is 3. The molecule has 0 aromatic heterocycles. The molecule has 10 N–H and O–H groups in total. The molecule has 0 heterocycles. The van der Waals surface area contributed by atoms with Crippen molar-refractivity contribution in [3.63, 3.8) is 0 Å². The van der Waals surface area contributed by atoms with Crippen LogP contribution in [0, 0.1) is 0 Å². The molecule has 3 amide bonds. The van der Waals surface area contributed by atoms with Gasteiger partial charge in [-0.2, -0.15) is 0 Å². The van der Waals surface area contributed by atoms with Crippen LogP contribution in [0.5, 0.6) is 0 Å². The Bertz CT molecular complexity index is 1140. The number of carboxylic acids is 3. The van der Waals surface area contributed by atoms with Crippen molar-refractivity contribution in [2.45, 2.75) is 153 Å². The highest BCUT2D eigenvalue weighted by Crippen LogP contribution is 2.14. The number of nitrogens with two attached hydrogens (primary N) is 1. The number of aliphatic carboxylic acids is 3. The van der Waals surface area contributed by atoms with Crippen LogP contribution in [0.15, 0.2) is 0 Å². The van der Waals surface area contributed by atoms with Gasteiger partial charge in [-0.1, -0.05) is 77.0 Å². The molecule has 0 rings (SSSR count). The van der Waals surface area contributed by atoms with Gasteiger partial charge < -0.3 is 61.1 Å². The van der Waals surface area contributed by atoms with Crippen molar-refractivity contribution in [1.29, 1.82) is 0 Å². The van der Waals surface area contributed by atoms with Crippen LogP contribution in [0.1, 0.15) is 135 Å². The average molecular weight is 864 g/mol. The normalized spacial score (nSPS) is 12.7. The van der Waals surface area contributed by atoms with Crippen LogP contribution in [0.25, 0.3) is 0 Å². The van der Waals surface area contributed by atoms with E-state index < -0.39 is 36.2 Å². The summed E-state index contributed by atoms with van der Waals surface area (Å²) < 4.78 is 21.3. The molecule has 0 saturated heterocycles. The van der Waals surface area contributed by atoms with Gasteiger partial charge in [0.1, 0.15) is 31.5 Å². The number of rotatable bonds is 45. The van der Waals surface area contributed by atoms with Crippen LogP contribution in [0.2, 0.25) is 0 Å². The highest BCUT2D eigenvalue weighted by molar-refractivity contribution is 5.83. The van der Waals surface area contributed by atoms with Gasteiger partial charge in [0.05, 0.1) is 39.6 Å². The third-order valence-electron chi connectivity index (χ3n) is 9.39. The highest BCUT2D eigenvalue weighted by atomic mass is 16.5. The monoisotopic (exact) mass is 864 g/mol. The fourth-order valence-electron chi connectivity index (χ4n) is 5.91. The SMILES string of the molecule is N[C@@H](CCCCNC(=O)COCCOCCNC(=O)COCCOCCNC(O)CC[C@H](NC(=O)CCCCCCCCCCCCCCCCC(=O)O)C(=O)O)C(=O)O. The molecule has 19 nitrogen and oxygen atoms in total. The number of unbranched alkanes of at least 4 members (excludes halogenated alkanes) is 14. The Kier molecular flexibility index (Phi) is 38.6. The Morgan fingerprint density at radius 2 is 0.933 bits per heavy atom. The number of carbonyl (C=O) groups is 6. The molecule has 0 aliphatic heterocycles. The summed E-state index contributed by atoms with van der Waals surface area (Å²) in [6, 6.07) is -1.98. The molecule has 19 heteroatoms. The first-order chi connectivity index (χ1) is 28.9. The van der Waals surface area contributed by atoms with Crippen LogP contribution < -0.4 is 27.0 Å². The predicted octanol–water partition coefficient (Wildman–Crippen LogP) is 2.45. The average Bonchev–Trinajstić information content (AvgIpc) is 3.20. The third kappa shape index (κ3) is 40.0. The van der Waals surface area contributed by atoms with Gasteiger partial charge in [0.15, 0.2) is 0 Å². The van der Waals surface area contributed by atoms with Crippen LogP contribution >= 0.6 is 0 Å². The van der Waals surface area contributed by atoms with Crippen LogP contribution in [-0.4, -0.2) is 147 Å². The van der Waals surface area contributed by atoms with E-state index in [4.69, 9.17) is 34.9 Å². The first kappa shape index (κ1) is 56.5. The van der Waals surface area contributed by atoms with E-state index in [9.17, 15) is 39.0 Å². The van der Waals surface area contributed by atoms with Gasteiger partial charge in [-0.15, -0.1) is 0 Å². The summed E-state index contributed by atoms with van der Waals surface area (Å²) in [5.41, 5.74) is 5.42. The summed E-state index contributed by atoms with van der Waals surface area (Å²) in [4.78, 5) is 68.8. The van der Waals surface area contributed by atoms with E-state index in [1.165, 1.54) is 44.9 Å². The minimum absolute atomic E-state index is 0.0677. The second-order valence-corrected chi connectivity index (χ2v) is 14.8. The van der Waals surface area contributed by atoms with E-state index in [-0.39, 0.29) is 103 Å². The first-order valence-electron chi connectivity index (χ1n) is 21.9. The van der Waals surface area contributed by atoms with Crippen molar-refractivity contribution in [3.8, 4) is 0 Å². The second kappa shape index (κ2) is 40.9. The Morgan fingerprint density at radius 1 is 0.467 bits per heavy atom. The standard InChI is InChI=1S/C41H77N5O14/c42-33(40(53)54)17-15-16-22-43-37(49)31-59-29-28-58-26-24-45-38(50)32-60-30-27-57-25-23-44-35(47)21-20-34(41(55)56)46-36(48)18-13-11-9-7-5-3-1-2-4-6-8-10-12-14-19-39(51)52/h33-35,44,47H,1-32,42H2,(H,43,49)(H,45,50)(H,46,48)(H,51,52)(H,53,54)(H,55,56)/t33-,34-,35?/m0/s1. The smallest absolute Gasteiger partial charge is 0.326 e. The number of aliphatic hydroxyl groups excluding tert-OH is 1. The number of hydrogen-bond acceptors (Lipinski definition) is 13. The number of amides is 3. The van der Waals surface area contributed by atoms with Gasteiger partial charge in [-0.3, -0.25) is 29.3 Å². The molecule has 0 spiro atoms. The zero-order chi connectivity index (χ0) is 44.5. The van der Waals surface area contributed by atoms with E-state index in [2.05, 4.69) is 21.3 Å². The maximum atomic E-state index is 12.3. The summed E-state index contributed by atoms with van der Waals surface area (Å²) in [5, 5.41) is 47.9. The number of carbonyl (C=O) groups excluding carboxylic acids is 3. The lowest BCUT2D eigenvalue weighted by Crippen LogP contribution is -2.42. The minimum atomic E-state index is -1.15. The Morgan fingerprint density at radius 3 is 1.43 bits per heavy atom. The predicted molar refractivity (Wildman–Crippen MR) is 223 cm³/mol. The molecule has 0 aliphatic carbocycles.